The Balaban J connectivity index is 3.73. The van der Waals surface area contributed by atoms with Gasteiger partial charge in [0.2, 0.25) is 0 Å². The Morgan fingerprint density at radius 3 is 2.45 bits per heavy atom. The molecule has 0 unspecified atom stereocenters. The zero-order valence-electron chi connectivity index (χ0n) is 5.93. The van der Waals surface area contributed by atoms with E-state index in [0.29, 0.717) is 0 Å². The van der Waals surface area contributed by atoms with E-state index in [4.69, 9.17) is 0 Å². The van der Waals surface area contributed by atoms with E-state index < -0.39 is 17.8 Å². The largest absolute Gasteiger partial charge is 0.455 e. The van der Waals surface area contributed by atoms with Crippen LogP contribution in [0.25, 0.3) is 0 Å². The second-order valence-electron chi connectivity index (χ2n) is 2.02. The highest BCUT2D eigenvalue weighted by molar-refractivity contribution is 7.81. The maximum Gasteiger partial charge on any atom is 0.333 e. The molecule has 0 radical (unpaired) electrons. The average Bonchev–Trinajstić information content (AvgIpc) is 1.80. The molecule has 0 rings (SSSR count). The number of carbonyl (C=O) groups excluding carboxylic acids is 1. The topological polar surface area (TPSA) is 26.3 Å². The molecule has 0 aliphatic rings. The molecule has 5 heteroatoms. The van der Waals surface area contributed by atoms with E-state index in [2.05, 4.69) is 23.9 Å². The summed E-state index contributed by atoms with van der Waals surface area (Å²) in [4.78, 5) is 10.5. The smallest absolute Gasteiger partial charge is 0.333 e. The molecule has 0 saturated heterocycles. The standard InChI is InChI=1S/C6H8F2O2S/c1-4(2)5(9)10-3-6(7,8)11/h11H,1,3H2,2H3. The fraction of sp³-hybridized carbons (Fsp3) is 0.500. The van der Waals surface area contributed by atoms with Crippen LogP contribution in [-0.2, 0) is 9.53 Å². The first-order valence-electron chi connectivity index (χ1n) is 2.76. The Bertz CT molecular complexity index is 174. The first-order chi connectivity index (χ1) is 4.83. The summed E-state index contributed by atoms with van der Waals surface area (Å²) in [6, 6.07) is 0. The van der Waals surface area contributed by atoms with Gasteiger partial charge in [-0.1, -0.05) is 6.58 Å². The quantitative estimate of drug-likeness (QED) is 0.408. The Morgan fingerprint density at radius 1 is 1.73 bits per heavy atom. The Kier molecular flexibility index (Phi) is 3.51. The lowest BCUT2D eigenvalue weighted by atomic mass is 10.4. The third-order valence-electron chi connectivity index (χ3n) is 0.725. The Labute approximate surface area is 68.6 Å². The molecule has 0 aromatic heterocycles. The van der Waals surface area contributed by atoms with Crippen molar-refractivity contribution in [3.8, 4) is 0 Å². The lowest BCUT2D eigenvalue weighted by molar-refractivity contribution is -0.144. The summed E-state index contributed by atoms with van der Waals surface area (Å²) in [5.74, 6) is -0.835. The molecule has 0 atom stereocenters. The first-order valence-corrected chi connectivity index (χ1v) is 3.20. The Hall–Kier alpha value is -0.580. The van der Waals surface area contributed by atoms with Gasteiger partial charge in [-0.15, -0.1) is 12.6 Å². The summed E-state index contributed by atoms with van der Waals surface area (Å²) < 4.78 is 27.9. The molecule has 0 heterocycles. The summed E-state index contributed by atoms with van der Waals surface area (Å²) in [5, 5.41) is -3.27. The number of hydrogen-bond donors (Lipinski definition) is 1. The minimum absolute atomic E-state index is 0.0857. The lowest BCUT2D eigenvalue weighted by Gasteiger charge is -2.09. The van der Waals surface area contributed by atoms with Crippen molar-refractivity contribution in [3.63, 3.8) is 0 Å². The number of carbonyl (C=O) groups is 1. The van der Waals surface area contributed by atoms with Gasteiger partial charge in [0.15, 0.2) is 6.61 Å². The van der Waals surface area contributed by atoms with Crippen LogP contribution < -0.4 is 0 Å². The molecular weight excluding hydrogens is 174 g/mol. The van der Waals surface area contributed by atoms with Crippen LogP contribution >= 0.6 is 12.6 Å². The maximum absolute atomic E-state index is 11.9. The molecule has 0 aliphatic heterocycles. The van der Waals surface area contributed by atoms with Gasteiger partial charge in [0, 0.05) is 5.57 Å². The number of thiol groups is 1. The SMILES string of the molecule is C=C(C)C(=O)OCC(F)(F)S. The fourth-order valence-electron chi connectivity index (χ4n) is 0.276. The zero-order valence-corrected chi connectivity index (χ0v) is 6.83. The average molecular weight is 182 g/mol. The van der Waals surface area contributed by atoms with Gasteiger partial charge in [-0.25, -0.2) is 4.79 Å². The van der Waals surface area contributed by atoms with Crippen molar-refractivity contribution in [1.82, 2.24) is 0 Å². The van der Waals surface area contributed by atoms with Crippen LogP contribution in [0.15, 0.2) is 12.2 Å². The van der Waals surface area contributed by atoms with Gasteiger partial charge in [0.05, 0.1) is 0 Å². The third kappa shape index (κ3) is 5.84. The van der Waals surface area contributed by atoms with Crippen molar-refractivity contribution >= 4 is 18.6 Å². The fourth-order valence-corrected chi connectivity index (χ4v) is 0.340. The minimum Gasteiger partial charge on any atom is -0.455 e. The van der Waals surface area contributed by atoms with Gasteiger partial charge < -0.3 is 4.74 Å². The predicted octanol–water partition coefficient (Wildman–Crippen LogP) is 1.63. The summed E-state index contributed by atoms with van der Waals surface area (Å²) in [6.45, 7) is 3.56. The minimum atomic E-state index is -3.27. The molecule has 0 bridgehead atoms. The van der Waals surface area contributed by atoms with Crippen LogP contribution in [0, 0.1) is 0 Å². The van der Waals surface area contributed by atoms with Crippen LogP contribution in [-0.4, -0.2) is 17.8 Å². The number of hydrogen-bond acceptors (Lipinski definition) is 3. The molecule has 0 N–H and O–H groups in total. The predicted molar refractivity (Wildman–Crippen MR) is 39.7 cm³/mol. The first kappa shape index (κ1) is 10.4. The van der Waals surface area contributed by atoms with Crippen molar-refractivity contribution < 1.29 is 18.3 Å². The lowest BCUT2D eigenvalue weighted by Crippen LogP contribution is -2.19. The van der Waals surface area contributed by atoms with E-state index in [1.54, 1.807) is 0 Å². The van der Waals surface area contributed by atoms with Crippen molar-refractivity contribution in [1.29, 1.82) is 0 Å². The third-order valence-corrected chi connectivity index (χ3v) is 0.854. The van der Waals surface area contributed by atoms with Crippen molar-refractivity contribution in [3.05, 3.63) is 12.2 Å². The van der Waals surface area contributed by atoms with Gasteiger partial charge in [-0.2, -0.15) is 8.78 Å². The number of ether oxygens (including phenoxy) is 1. The highest BCUT2D eigenvalue weighted by Crippen LogP contribution is 2.18. The van der Waals surface area contributed by atoms with Crippen LogP contribution in [0.4, 0.5) is 8.78 Å². The molecule has 0 aromatic carbocycles. The molecule has 2 nitrogen and oxygen atoms in total. The number of alkyl halides is 2. The maximum atomic E-state index is 11.9. The molecule has 11 heavy (non-hydrogen) atoms. The van der Waals surface area contributed by atoms with Crippen LogP contribution in [0.2, 0.25) is 0 Å². The summed E-state index contributed by atoms with van der Waals surface area (Å²) in [7, 11) is 0. The highest BCUT2D eigenvalue weighted by atomic mass is 32.1. The highest BCUT2D eigenvalue weighted by Gasteiger charge is 2.24. The normalized spacial score (nSPS) is 10.9. The molecule has 0 spiro atoms. The van der Waals surface area contributed by atoms with E-state index in [9.17, 15) is 13.6 Å². The number of esters is 1. The van der Waals surface area contributed by atoms with E-state index in [1.165, 1.54) is 6.92 Å². The summed E-state index contributed by atoms with van der Waals surface area (Å²) in [6.07, 6.45) is 0. The summed E-state index contributed by atoms with van der Waals surface area (Å²) in [5.41, 5.74) is 0.0857. The van der Waals surface area contributed by atoms with Crippen LogP contribution in [0.1, 0.15) is 6.92 Å². The molecule has 0 fully saturated rings. The zero-order chi connectivity index (χ0) is 9.07. The summed E-state index contributed by atoms with van der Waals surface area (Å²) >= 11 is 2.86. The van der Waals surface area contributed by atoms with E-state index in [0.717, 1.165) is 0 Å². The van der Waals surface area contributed by atoms with Gasteiger partial charge in [0.25, 0.3) is 0 Å². The second-order valence-corrected chi connectivity index (χ2v) is 2.68. The monoisotopic (exact) mass is 182 g/mol. The molecular formula is C6H8F2O2S. The van der Waals surface area contributed by atoms with Crippen molar-refractivity contribution in [2.24, 2.45) is 0 Å². The molecule has 0 aromatic rings. The molecule has 0 saturated carbocycles. The van der Waals surface area contributed by atoms with E-state index >= 15 is 0 Å². The second kappa shape index (κ2) is 3.71. The van der Waals surface area contributed by atoms with Gasteiger partial charge in [-0.3, -0.25) is 0 Å². The molecule has 0 amide bonds. The van der Waals surface area contributed by atoms with E-state index in [-0.39, 0.29) is 5.57 Å². The molecule has 0 aliphatic carbocycles. The van der Waals surface area contributed by atoms with Gasteiger partial charge >= 0.3 is 11.2 Å². The van der Waals surface area contributed by atoms with E-state index in [1.807, 2.05) is 0 Å². The number of halogens is 2. The van der Waals surface area contributed by atoms with Gasteiger partial charge in [-0.05, 0) is 6.92 Å². The van der Waals surface area contributed by atoms with Crippen LogP contribution in [0.3, 0.4) is 0 Å². The van der Waals surface area contributed by atoms with Crippen molar-refractivity contribution in [2.75, 3.05) is 6.61 Å². The number of rotatable bonds is 3. The van der Waals surface area contributed by atoms with Crippen LogP contribution in [0.5, 0.6) is 0 Å². The Morgan fingerprint density at radius 2 is 2.18 bits per heavy atom. The molecule has 64 valence electrons. The van der Waals surface area contributed by atoms with Gasteiger partial charge in [0.1, 0.15) is 0 Å². The van der Waals surface area contributed by atoms with Crippen molar-refractivity contribution in [2.45, 2.75) is 12.2 Å².